The summed E-state index contributed by atoms with van der Waals surface area (Å²) in [6.45, 7) is 0.558. The van der Waals surface area contributed by atoms with Crippen LogP contribution in [0.5, 0.6) is 0 Å². The van der Waals surface area contributed by atoms with Crippen LogP contribution in [0, 0.1) is 5.82 Å². The highest BCUT2D eigenvalue weighted by molar-refractivity contribution is 7.92. The number of benzene rings is 3. The molecule has 3 N–H and O–H groups in total. The van der Waals surface area contributed by atoms with Crippen molar-refractivity contribution in [3.63, 3.8) is 0 Å². The van der Waals surface area contributed by atoms with E-state index in [9.17, 15) is 30.8 Å². The molecular weight excluding hydrogens is 564 g/mol. The quantitative estimate of drug-likeness (QED) is 0.310. The van der Waals surface area contributed by atoms with Gasteiger partial charge in [-0.15, -0.1) is 0 Å². The van der Waals surface area contributed by atoms with Gasteiger partial charge in [0.05, 0.1) is 15.3 Å². The summed E-state index contributed by atoms with van der Waals surface area (Å²) in [5.41, 5.74) is 1.80. The number of carboxylic acid groups (broad SMARTS) is 1. The van der Waals surface area contributed by atoms with Gasteiger partial charge >= 0.3 is 12.1 Å². The second-order valence-electron chi connectivity index (χ2n) is 8.64. The molecule has 1 aliphatic carbocycles. The van der Waals surface area contributed by atoms with Crippen LogP contribution in [-0.4, -0.2) is 38.1 Å². The third kappa shape index (κ3) is 7.93. The minimum absolute atomic E-state index is 0.0114. The molecule has 208 valence electrons. The first-order chi connectivity index (χ1) is 18.2. The SMILES string of the molecule is O=C(NCCc1ccccc1)C1(c2ccc(NS(=O)(=O)c3ccc(F)c(Cl)c3)cc2)CC1.O=C(O)C(F)(F)F. The van der Waals surface area contributed by atoms with Gasteiger partial charge in [0.15, 0.2) is 0 Å². The lowest BCUT2D eigenvalue weighted by molar-refractivity contribution is -0.192. The molecule has 1 fully saturated rings. The Kier molecular flexibility index (Phi) is 9.23. The van der Waals surface area contributed by atoms with E-state index in [1.165, 1.54) is 0 Å². The molecule has 0 aromatic heterocycles. The number of nitrogens with one attached hydrogen (secondary N) is 2. The second-order valence-corrected chi connectivity index (χ2v) is 10.7. The van der Waals surface area contributed by atoms with E-state index in [1.54, 1.807) is 24.3 Å². The largest absolute Gasteiger partial charge is 0.490 e. The monoisotopic (exact) mass is 586 g/mol. The summed E-state index contributed by atoms with van der Waals surface area (Å²) in [7, 11) is -3.92. The number of aliphatic carboxylic acids is 1. The maximum atomic E-state index is 13.3. The van der Waals surface area contributed by atoms with Gasteiger partial charge in [-0.1, -0.05) is 54.1 Å². The lowest BCUT2D eigenvalue weighted by Crippen LogP contribution is -2.35. The van der Waals surface area contributed by atoms with E-state index >= 15 is 0 Å². The smallest absolute Gasteiger partial charge is 0.475 e. The lowest BCUT2D eigenvalue weighted by Gasteiger charge is -2.17. The molecule has 0 heterocycles. The van der Waals surface area contributed by atoms with E-state index in [4.69, 9.17) is 21.5 Å². The fourth-order valence-electron chi connectivity index (χ4n) is 3.62. The zero-order valence-corrected chi connectivity index (χ0v) is 21.7. The Balaban J connectivity index is 0.000000532. The van der Waals surface area contributed by atoms with Crippen LogP contribution in [0.15, 0.2) is 77.7 Å². The molecule has 0 radical (unpaired) electrons. The molecule has 0 unspecified atom stereocenters. The number of hydrogen-bond donors (Lipinski definition) is 3. The molecule has 1 saturated carbocycles. The normalized spacial score (nSPS) is 14.0. The number of carbonyl (C=O) groups is 2. The number of alkyl halides is 3. The molecule has 0 spiro atoms. The van der Waals surface area contributed by atoms with E-state index < -0.39 is 33.4 Å². The molecule has 13 heteroatoms. The Morgan fingerprint density at radius 3 is 2.08 bits per heavy atom. The first-order valence-electron chi connectivity index (χ1n) is 11.5. The standard InChI is InChI=1S/C24H22ClFN2O3S.C2HF3O2/c25-21-16-20(10-11-22(21)26)32(30,31)28-19-8-6-18(7-9-19)24(13-14-24)23(29)27-15-12-17-4-2-1-3-5-17;3-2(4,5)1(6)7/h1-11,16,28H,12-15H2,(H,27,29);(H,6,7). The highest BCUT2D eigenvalue weighted by Crippen LogP contribution is 2.48. The molecule has 0 bridgehead atoms. The number of sulfonamides is 1. The van der Waals surface area contributed by atoms with Crippen molar-refractivity contribution in [2.75, 3.05) is 11.3 Å². The summed E-state index contributed by atoms with van der Waals surface area (Å²) in [6.07, 6.45) is -2.82. The topological polar surface area (TPSA) is 113 Å². The van der Waals surface area contributed by atoms with Gasteiger partial charge in [-0.3, -0.25) is 9.52 Å². The number of amides is 1. The number of rotatable bonds is 8. The molecule has 0 saturated heterocycles. The number of carbonyl (C=O) groups excluding carboxylic acids is 1. The zero-order chi connectivity index (χ0) is 28.8. The highest BCUT2D eigenvalue weighted by Gasteiger charge is 2.51. The van der Waals surface area contributed by atoms with Gasteiger partial charge in [-0.05, 0) is 60.7 Å². The van der Waals surface area contributed by atoms with E-state index in [0.29, 0.717) is 12.2 Å². The van der Waals surface area contributed by atoms with Crippen LogP contribution in [0.1, 0.15) is 24.0 Å². The molecule has 7 nitrogen and oxygen atoms in total. The van der Waals surface area contributed by atoms with Crippen molar-refractivity contribution in [3.8, 4) is 0 Å². The summed E-state index contributed by atoms with van der Waals surface area (Å²) in [5, 5.41) is 9.88. The number of hydrogen-bond acceptors (Lipinski definition) is 4. The van der Waals surface area contributed by atoms with Gasteiger partial charge in [-0.25, -0.2) is 17.6 Å². The molecule has 3 aromatic carbocycles. The Labute approximate surface area is 226 Å². The molecular formula is C26H23ClF4N2O5S. The minimum atomic E-state index is -5.08. The third-order valence-electron chi connectivity index (χ3n) is 5.86. The average Bonchev–Trinajstić information content (AvgIpc) is 3.68. The van der Waals surface area contributed by atoms with Crippen LogP contribution in [0.3, 0.4) is 0 Å². The van der Waals surface area contributed by atoms with Crippen molar-refractivity contribution >= 4 is 39.2 Å². The van der Waals surface area contributed by atoms with E-state index in [-0.39, 0.29) is 15.8 Å². The fourth-order valence-corrected chi connectivity index (χ4v) is 4.95. The molecule has 1 aliphatic rings. The second kappa shape index (κ2) is 12.0. The summed E-state index contributed by atoms with van der Waals surface area (Å²) >= 11 is 5.70. The summed E-state index contributed by atoms with van der Waals surface area (Å²) in [5.74, 6) is -3.46. The van der Waals surface area contributed by atoms with Crippen LogP contribution >= 0.6 is 11.6 Å². The zero-order valence-electron chi connectivity index (χ0n) is 20.1. The van der Waals surface area contributed by atoms with Gasteiger partial charge in [0.2, 0.25) is 5.91 Å². The van der Waals surface area contributed by atoms with Crippen LogP contribution in [-0.2, 0) is 31.4 Å². The summed E-state index contributed by atoms with van der Waals surface area (Å²) in [4.78, 5) is 21.6. The minimum Gasteiger partial charge on any atom is -0.475 e. The average molecular weight is 587 g/mol. The molecule has 3 aromatic rings. The Morgan fingerprint density at radius 1 is 0.974 bits per heavy atom. The van der Waals surface area contributed by atoms with Crippen molar-refractivity contribution in [2.45, 2.75) is 35.7 Å². The van der Waals surface area contributed by atoms with Crippen molar-refractivity contribution in [2.24, 2.45) is 0 Å². The van der Waals surface area contributed by atoms with Crippen molar-refractivity contribution in [1.29, 1.82) is 0 Å². The molecule has 0 aliphatic heterocycles. The van der Waals surface area contributed by atoms with E-state index in [1.807, 2.05) is 30.3 Å². The highest BCUT2D eigenvalue weighted by atomic mass is 35.5. The van der Waals surface area contributed by atoms with Crippen molar-refractivity contribution in [3.05, 3.63) is 94.8 Å². The Morgan fingerprint density at radius 2 is 1.56 bits per heavy atom. The van der Waals surface area contributed by atoms with Crippen LogP contribution in [0.25, 0.3) is 0 Å². The molecule has 4 rings (SSSR count). The predicted molar refractivity (Wildman–Crippen MR) is 136 cm³/mol. The molecule has 1 amide bonds. The van der Waals surface area contributed by atoms with Gasteiger partial charge < -0.3 is 10.4 Å². The number of carboxylic acids is 1. The van der Waals surface area contributed by atoms with Gasteiger partial charge in [-0.2, -0.15) is 13.2 Å². The van der Waals surface area contributed by atoms with Crippen molar-refractivity contribution in [1.82, 2.24) is 5.32 Å². The summed E-state index contributed by atoms with van der Waals surface area (Å²) in [6, 6.07) is 19.9. The first-order valence-corrected chi connectivity index (χ1v) is 13.3. The van der Waals surface area contributed by atoms with Gasteiger partial charge in [0.1, 0.15) is 5.82 Å². The maximum absolute atomic E-state index is 13.3. The first kappa shape index (κ1) is 29.9. The number of halogens is 5. The predicted octanol–water partition coefficient (Wildman–Crippen LogP) is 5.30. The summed E-state index contributed by atoms with van der Waals surface area (Å²) < 4.78 is 72.6. The van der Waals surface area contributed by atoms with E-state index in [0.717, 1.165) is 48.6 Å². The molecule has 0 atom stereocenters. The van der Waals surface area contributed by atoms with Crippen molar-refractivity contribution < 1.29 is 40.7 Å². The maximum Gasteiger partial charge on any atom is 0.490 e. The fraction of sp³-hybridized carbons (Fsp3) is 0.231. The third-order valence-corrected chi connectivity index (χ3v) is 7.53. The lowest BCUT2D eigenvalue weighted by atomic mass is 9.94. The Bertz CT molecular complexity index is 1430. The van der Waals surface area contributed by atoms with E-state index in [2.05, 4.69) is 10.0 Å². The molecule has 39 heavy (non-hydrogen) atoms. The Hall–Kier alpha value is -3.64. The number of anilines is 1. The van der Waals surface area contributed by atoms with Gasteiger partial charge in [0, 0.05) is 12.2 Å². The van der Waals surface area contributed by atoms with Crippen LogP contribution in [0.4, 0.5) is 23.2 Å². The van der Waals surface area contributed by atoms with Crippen LogP contribution in [0.2, 0.25) is 5.02 Å². The van der Waals surface area contributed by atoms with Gasteiger partial charge in [0.25, 0.3) is 10.0 Å². The van der Waals surface area contributed by atoms with Crippen LogP contribution < -0.4 is 10.0 Å².